The number of nitrogens with zero attached hydrogens (tertiary/aromatic N) is 4. The Labute approximate surface area is 112 Å². The van der Waals surface area contributed by atoms with Crippen LogP contribution < -0.4 is 0 Å². The summed E-state index contributed by atoms with van der Waals surface area (Å²) < 4.78 is 0. The van der Waals surface area contributed by atoms with Crippen molar-refractivity contribution in [2.75, 3.05) is 0 Å². The third kappa shape index (κ3) is 1.83. The van der Waals surface area contributed by atoms with Gasteiger partial charge in [0.25, 0.3) is 0 Å². The summed E-state index contributed by atoms with van der Waals surface area (Å²) in [4.78, 5) is 15.7. The molecule has 0 aromatic carbocycles. The lowest BCUT2D eigenvalue weighted by atomic mass is 9.99. The maximum atomic E-state index is 4.45. The molecule has 2 aliphatic rings. The van der Waals surface area contributed by atoms with Gasteiger partial charge in [-0.05, 0) is 25.0 Å². The quantitative estimate of drug-likeness (QED) is 0.821. The number of pyridine rings is 1. The Morgan fingerprint density at radius 2 is 2.21 bits per heavy atom. The van der Waals surface area contributed by atoms with Crippen LogP contribution in [0.3, 0.4) is 0 Å². The van der Waals surface area contributed by atoms with Crippen LogP contribution in [0.15, 0.2) is 36.9 Å². The summed E-state index contributed by atoms with van der Waals surface area (Å²) in [5.74, 6) is 0. The molecule has 4 nitrogen and oxygen atoms in total. The van der Waals surface area contributed by atoms with Crippen molar-refractivity contribution in [3.8, 4) is 0 Å². The largest absolute Gasteiger partial charge is 0.287 e. The van der Waals surface area contributed by atoms with E-state index >= 15 is 0 Å². The van der Waals surface area contributed by atoms with Gasteiger partial charge in [-0.15, -0.1) is 0 Å². The summed E-state index contributed by atoms with van der Waals surface area (Å²) in [6.45, 7) is 0.935. The van der Waals surface area contributed by atoms with E-state index in [-0.39, 0.29) is 0 Å². The number of hydrogen-bond donors (Lipinski definition) is 0. The summed E-state index contributed by atoms with van der Waals surface area (Å²) in [5.41, 5.74) is 3.73. The number of rotatable bonds is 2. The second-order valence-electron chi connectivity index (χ2n) is 5.37. The third-order valence-corrected chi connectivity index (χ3v) is 4.33. The monoisotopic (exact) mass is 252 g/mol. The molecule has 0 spiro atoms. The molecule has 0 N–H and O–H groups in total. The predicted molar refractivity (Wildman–Crippen MR) is 71.3 cm³/mol. The summed E-state index contributed by atoms with van der Waals surface area (Å²) in [7, 11) is 0. The Morgan fingerprint density at radius 1 is 1.21 bits per heavy atom. The molecule has 4 heterocycles. The second kappa shape index (κ2) is 4.38. The van der Waals surface area contributed by atoms with Gasteiger partial charge < -0.3 is 0 Å². The van der Waals surface area contributed by atoms with Crippen molar-refractivity contribution >= 4 is 0 Å². The first-order valence-corrected chi connectivity index (χ1v) is 6.86. The lowest BCUT2D eigenvalue weighted by Gasteiger charge is -2.35. The Bertz CT molecular complexity index is 584. The number of aromatic nitrogens is 3. The molecule has 1 fully saturated rings. The molecule has 19 heavy (non-hydrogen) atoms. The van der Waals surface area contributed by atoms with Gasteiger partial charge in [-0.25, -0.2) is 9.97 Å². The van der Waals surface area contributed by atoms with Crippen molar-refractivity contribution in [3.05, 3.63) is 53.9 Å². The lowest BCUT2D eigenvalue weighted by molar-refractivity contribution is 0.164. The van der Waals surface area contributed by atoms with E-state index in [1.807, 2.05) is 18.5 Å². The van der Waals surface area contributed by atoms with E-state index in [1.54, 1.807) is 6.33 Å². The summed E-state index contributed by atoms with van der Waals surface area (Å²) >= 11 is 0. The Hall–Kier alpha value is -1.81. The predicted octanol–water partition coefficient (Wildman–Crippen LogP) is 2.13. The molecule has 0 radical (unpaired) electrons. The van der Waals surface area contributed by atoms with Crippen LogP contribution in [0, 0.1) is 0 Å². The number of fused-ring (bicyclic) bond motifs is 4. The minimum atomic E-state index is 0.483. The van der Waals surface area contributed by atoms with Crippen molar-refractivity contribution in [2.24, 2.45) is 0 Å². The van der Waals surface area contributed by atoms with Gasteiger partial charge in [-0.1, -0.05) is 6.07 Å². The van der Waals surface area contributed by atoms with Crippen LogP contribution in [0.25, 0.3) is 0 Å². The van der Waals surface area contributed by atoms with Gasteiger partial charge in [-0.3, -0.25) is 9.88 Å². The maximum Gasteiger partial charge on any atom is 0.115 e. The highest BCUT2D eigenvalue weighted by atomic mass is 15.2. The van der Waals surface area contributed by atoms with E-state index in [9.17, 15) is 0 Å². The second-order valence-corrected chi connectivity index (χ2v) is 5.37. The summed E-state index contributed by atoms with van der Waals surface area (Å²) in [6.07, 6.45) is 9.08. The molecule has 0 saturated carbocycles. The zero-order valence-electron chi connectivity index (χ0n) is 10.7. The Kier molecular flexibility index (Phi) is 2.55. The van der Waals surface area contributed by atoms with Crippen LogP contribution in [-0.4, -0.2) is 25.9 Å². The first-order chi connectivity index (χ1) is 9.42. The van der Waals surface area contributed by atoms with E-state index in [0.717, 1.165) is 18.7 Å². The van der Waals surface area contributed by atoms with Crippen LogP contribution in [0.5, 0.6) is 0 Å². The summed E-state index contributed by atoms with van der Waals surface area (Å²) in [6, 6.07) is 7.24. The van der Waals surface area contributed by atoms with Crippen LogP contribution in [0.1, 0.15) is 35.8 Å². The van der Waals surface area contributed by atoms with Crippen LogP contribution in [-0.2, 0) is 13.0 Å². The molecule has 2 atom stereocenters. The van der Waals surface area contributed by atoms with Crippen molar-refractivity contribution in [1.82, 2.24) is 19.9 Å². The molecule has 0 amide bonds. The van der Waals surface area contributed by atoms with E-state index < -0.39 is 0 Å². The molecule has 2 bridgehead atoms. The van der Waals surface area contributed by atoms with E-state index in [2.05, 4.69) is 32.0 Å². The highest BCUT2D eigenvalue weighted by molar-refractivity contribution is 5.27. The molecule has 2 aliphatic heterocycles. The van der Waals surface area contributed by atoms with Gasteiger partial charge in [0.05, 0.1) is 11.4 Å². The van der Waals surface area contributed by atoms with Gasteiger partial charge in [0, 0.05) is 43.0 Å². The molecular formula is C15H16N4. The molecule has 4 heteroatoms. The maximum absolute atomic E-state index is 4.45. The zero-order chi connectivity index (χ0) is 12.7. The van der Waals surface area contributed by atoms with Crippen LogP contribution in [0.2, 0.25) is 0 Å². The van der Waals surface area contributed by atoms with Crippen LogP contribution in [0.4, 0.5) is 0 Å². The molecule has 0 aliphatic carbocycles. The average Bonchev–Trinajstić information content (AvgIpc) is 2.74. The molecule has 2 unspecified atom stereocenters. The first kappa shape index (κ1) is 11.1. The first-order valence-electron chi connectivity index (χ1n) is 6.86. The van der Waals surface area contributed by atoms with Gasteiger partial charge >= 0.3 is 0 Å². The average molecular weight is 252 g/mol. The standard InChI is InChI=1S/C15H16N4/c1-2-6-17-11(3-1)9-19-12-4-5-15(19)13-8-16-10-18-14(13)7-12/h1-3,6,8,10,12,15H,4-5,7,9H2. The highest BCUT2D eigenvalue weighted by Crippen LogP contribution is 2.43. The smallest absolute Gasteiger partial charge is 0.115 e. The van der Waals surface area contributed by atoms with Gasteiger partial charge in [0.1, 0.15) is 6.33 Å². The Morgan fingerprint density at radius 3 is 3.11 bits per heavy atom. The number of hydrogen-bond acceptors (Lipinski definition) is 4. The van der Waals surface area contributed by atoms with E-state index in [0.29, 0.717) is 12.1 Å². The zero-order valence-corrected chi connectivity index (χ0v) is 10.7. The van der Waals surface area contributed by atoms with Gasteiger partial charge in [-0.2, -0.15) is 0 Å². The fourth-order valence-corrected chi connectivity index (χ4v) is 3.45. The minimum absolute atomic E-state index is 0.483. The highest BCUT2D eigenvalue weighted by Gasteiger charge is 2.40. The third-order valence-electron chi connectivity index (χ3n) is 4.33. The van der Waals surface area contributed by atoms with Crippen molar-refractivity contribution in [2.45, 2.75) is 37.9 Å². The molecular weight excluding hydrogens is 236 g/mol. The molecule has 4 rings (SSSR count). The van der Waals surface area contributed by atoms with Crippen LogP contribution >= 0.6 is 0 Å². The van der Waals surface area contributed by atoms with Gasteiger partial charge in [0.15, 0.2) is 0 Å². The van der Waals surface area contributed by atoms with Crippen molar-refractivity contribution in [3.63, 3.8) is 0 Å². The minimum Gasteiger partial charge on any atom is -0.287 e. The molecule has 2 aromatic heterocycles. The van der Waals surface area contributed by atoms with Crippen molar-refractivity contribution < 1.29 is 0 Å². The topological polar surface area (TPSA) is 41.9 Å². The van der Waals surface area contributed by atoms with E-state index in [4.69, 9.17) is 0 Å². The lowest BCUT2D eigenvalue weighted by Crippen LogP contribution is -2.37. The SMILES string of the molecule is c1ccc(CN2C3CCC2c2cncnc2C3)nc1. The van der Waals surface area contributed by atoms with Crippen molar-refractivity contribution in [1.29, 1.82) is 0 Å². The van der Waals surface area contributed by atoms with Gasteiger partial charge in [0.2, 0.25) is 0 Å². The fraction of sp³-hybridized carbons (Fsp3) is 0.400. The fourth-order valence-electron chi connectivity index (χ4n) is 3.45. The Balaban J connectivity index is 1.65. The molecule has 1 saturated heterocycles. The normalized spacial score (nSPS) is 25.3. The summed E-state index contributed by atoms with van der Waals surface area (Å²) in [5, 5.41) is 0. The molecule has 96 valence electrons. The molecule has 2 aromatic rings. The van der Waals surface area contributed by atoms with E-state index in [1.165, 1.54) is 24.1 Å².